The van der Waals surface area contributed by atoms with Gasteiger partial charge in [0.15, 0.2) is 0 Å². The molecule has 0 heterocycles. The molecule has 0 bridgehead atoms. The van der Waals surface area contributed by atoms with Crippen LogP contribution < -0.4 is 15.6 Å². The average Bonchev–Trinajstić information content (AvgIpc) is 2.62. The van der Waals surface area contributed by atoms with Crippen molar-refractivity contribution in [2.45, 2.75) is 26.2 Å². The molecule has 0 aromatic heterocycles. The second kappa shape index (κ2) is 9.84. The van der Waals surface area contributed by atoms with E-state index in [-0.39, 0.29) is 18.2 Å². The van der Waals surface area contributed by atoms with Crippen molar-refractivity contribution in [3.63, 3.8) is 0 Å². The topological polar surface area (TPSA) is 67.4 Å². The first-order valence-corrected chi connectivity index (χ1v) is 8.95. The van der Waals surface area contributed by atoms with Gasteiger partial charge in [-0.25, -0.2) is 0 Å². The zero-order chi connectivity index (χ0) is 18.1. The Labute approximate surface area is 155 Å². The Hall–Kier alpha value is -2.34. The number of carbonyl (C=O) groups excluding carboxylic acids is 2. The van der Waals surface area contributed by atoms with Crippen LogP contribution in [0.15, 0.2) is 53.0 Å². The van der Waals surface area contributed by atoms with Gasteiger partial charge in [-0.1, -0.05) is 43.7 Å². The van der Waals surface area contributed by atoms with Gasteiger partial charge >= 0.3 is 0 Å². The Kier molecular flexibility index (Phi) is 7.47. The molecule has 0 aliphatic carbocycles. The lowest BCUT2D eigenvalue weighted by Gasteiger charge is -2.10. The Bertz CT molecular complexity index is 720. The summed E-state index contributed by atoms with van der Waals surface area (Å²) in [6, 6.07) is 14.4. The van der Waals surface area contributed by atoms with Crippen LogP contribution in [0.1, 0.15) is 35.7 Å². The van der Waals surface area contributed by atoms with Gasteiger partial charge < -0.3 is 4.74 Å². The molecule has 2 aromatic carbocycles. The zero-order valence-electron chi connectivity index (χ0n) is 14.0. The molecule has 2 aromatic rings. The number of carbonyl (C=O) groups is 2. The van der Waals surface area contributed by atoms with Gasteiger partial charge in [0.25, 0.3) is 5.91 Å². The van der Waals surface area contributed by atoms with E-state index in [1.807, 2.05) is 30.3 Å². The fourth-order valence-corrected chi connectivity index (χ4v) is 2.60. The second-order valence-electron chi connectivity index (χ2n) is 5.51. The van der Waals surface area contributed by atoms with Crippen LogP contribution in [0.5, 0.6) is 5.75 Å². The second-order valence-corrected chi connectivity index (χ2v) is 6.37. The van der Waals surface area contributed by atoms with Gasteiger partial charge in [-0.2, -0.15) is 0 Å². The third-order valence-corrected chi connectivity index (χ3v) is 4.09. The number of hydrogen-bond donors (Lipinski definition) is 2. The molecule has 0 aliphatic rings. The fraction of sp³-hybridized carbons (Fsp3) is 0.263. The number of ether oxygens (including phenoxy) is 1. The number of amides is 2. The largest absolute Gasteiger partial charge is 0.492 e. The van der Waals surface area contributed by atoms with Crippen LogP contribution in [-0.2, 0) is 11.2 Å². The quantitative estimate of drug-likeness (QED) is 0.546. The molecule has 2 amide bonds. The first-order chi connectivity index (χ1) is 12.1. The predicted molar refractivity (Wildman–Crippen MR) is 100 cm³/mol. The van der Waals surface area contributed by atoms with E-state index in [2.05, 4.69) is 33.7 Å². The van der Waals surface area contributed by atoms with Gasteiger partial charge in [0.2, 0.25) is 5.91 Å². The van der Waals surface area contributed by atoms with Crippen molar-refractivity contribution in [2.24, 2.45) is 0 Å². The number of halogens is 1. The Morgan fingerprint density at radius 1 is 1.08 bits per heavy atom. The summed E-state index contributed by atoms with van der Waals surface area (Å²) in [5.74, 6) is 0.0264. The minimum atomic E-state index is -0.387. The molecule has 0 radical (unpaired) electrons. The van der Waals surface area contributed by atoms with E-state index in [1.165, 1.54) is 0 Å². The van der Waals surface area contributed by atoms with Crippen molar-refractivity contribution in [2.75, 3.05) is 6.61 Å². The normalized spacial score (nSPS) is 10.2. The van der Waals surface area contributed by atoms with Crippen LogP contribution in [0.3, 0.4) is 0 Å². The SMILES string of the molecule is CCCCOc1ccc(C(=O)NNC(=O)Cc2ccccc2)cc1Br. The molecule has 0 saturated heterocycles. The molecule has 0 unspecified atom stereocenters. The monoisotopic (exact) mass is 404 g/mol. The van der Waals surface area contributed by atoms with Gasteiger partial charge in [-0.15, -0.1) is 0 Å². The van der Waals surface area contributed by atoms with E-state index in [9.17, 15) is 9.59 Å². The number of hydrazine groups is 1. The van der Waals surface area contributed by atoms with Crippen molar-refractivity contribution in [3.8, 4) is 5.75 Å². The summed E-state index contributed by atoms with van der Waals surface area (Å²) in [4.78, 5) is 24.0. The molecule has 0 fully saturated rings. The third kappa shape index (κ3) is 6.23. The summed E-state index contributed by atoms with van der Waals surface area (Å²) in [5.41, 5.74) is 6.14. The molecule has 0 saturated carbocycles. The zero-order valence-corrected chi connectivity index (χ0v) is 15.6. The summed E-state index contributed by atoms with van der Waals surface area (Å²) < 4.78 is 6.33. The highest BCUT2D eigenvalue weighted by atomic mass is 79.9. The molecule has 25 heavy (non-hydrogen) atoms. The van der Waals surface area contributed by atoms with Gasteiger partial charge in [0.05, 0.1) is 17.5 Å². The summed E-state index contributed by atoms with van der Waals surface area (Å²) >= 11 is 3.40. The van der Waals surface area contributed by atoms with Crippen LogP contribution >= 0.6 is 15.9 Å². The third-order valence-electron chi connectivity index (χ3n) is 3.47. The molecule has 0 atom stereocenters. The molecule has 6 heteroatoms. The Morgan fingerprint density at radius 3 is 2.52 bits per heavy atom. The first-order valence-electron chi connectivity index (χ1n) is 8.15. The molecule has 2 N–H and O–H groups in total. The number of nitrogens with one attached hydrogen (secondary N) is 2. The molecule has 132 valence electrons. The van der Waals surface area contributed by atoms with Crippen molar-refractivity contribution in [3.05, 3.63) is 64.1 Å². The van der Waals surface area contributed by atoms with Crippen LogP contribution in [0.25, 0.3) is 0 Å². The number of rotatable bonds is 7. The van der Waals surface area contributed by atoms with Gasteiger partial charge in [0.1, 0.15) is 5.75 Å². The van der Waals surface area contributed by atoms with Crippen molar-refractivity contribution < 1.29 is 14.3 Å². The molecule has 0 spiro atoms. The van der Waals surface area contributed by atoms with E-state index in [4.69, 9.17) is 4.74 Å². The summed E-state index contributed by atoms with van der Waals surface area (Å²) in [6.07, 6.45) is 2.23. The maximum atomic E-state index is 12.1. The molecular weight excluding hydrogens is 384 g/mol. The van der Waals surface area contributed by atoms with E-state index >= 15 is 0 Å². The predicted octanol–water partition coefficient (Wildman–Crippen LogP) is 3.63. The molecule has 2 rings (SSSR count). The lowest BCUT2D eigenvalue weighted by atomic mass is 10.1. The number of hydrogen-bond acceptors (Lipinski definition) is 3. The summed E-state index contributed by atoms with van der Waals surface area (Å²) in [5, 5.41) is 0. The van der Waals surface area contributed by atoms with E-state index in [0.717, 1.165) is 18.4 Å². The van der Waals surface area contributed by atoms with Gasteiger partial charge in [-0.3, -0.25) is 20.4 Å². The minimum Gasteiger partial charge on any atom is -0.492 e. The van der Waals surface area contributed by atoms with Crippen molar-refractivity contribution in [1.29, 1.82) is 0 Å². The summed E-state index contributed by atoms with van der Waals surface area (Å²) in [7, 11) is 0. The summed E-state index contributed by atoms with van der Waals surface area (Å²) in [6.45, 7) is 2.73. The van der Waals surface area contributed by atoms with E-state index in [0.29, 0.717) is 22.4 Å². The number of unbranched alkanes of at least 4 members (excludes halogenated alkanes) is 1. The highest BCUT2D eigenvalue weighted by molar-refractivity contribution is 9.10. The Balaban J connectivity index is 1.86. The highest BCUT2D eigenvalue weighted by Crippen LogP contribution is 2.26. The van der Waals surface area contributed by atoms with Crippen molar-refractivity contribution in [1.82, 2.24) is 10.9 Å². The van der Waals surface area contributed by atoms with Crippen LogP contribution in [-0.4, -0.2) is 18.4 Å². The van der Waals surface area contributed by atoms with Crippen LogP contribution in [0.2, 0.25) is 0 Å². The molecule has 5 nitrogen and oxygen atoms in total. The lowest BCUT2D eigenvalue weighted by Crippen LogP contribution is -2.42. The smallest absolute Gasteiger partial charge is 0.269 e. The molecule has 0 aliphatic heterocycles. The Morgan fingerprint density at radius 2 is 1.84 bits per heavy atom. The van der Waals surface area contributed by atoms with Crippen LogP contribution in [0.4, 0.5) is 0 Å². The molecular formula is C19H21BrN2O3. The maximum absolute atomic E-state index is 12.1. The number of benzene rings is 2. The van der Waals surface area contributed by atoms with Gasteiger partial charge in [-0.05, 0) is 46.1 Å². The van der Waals surface area contributed by atoms with E-state index in [1.54, 1.807) is 18.2 Å². The first kappa shape index (κ1) is 19.0. The fourth-order valence-electron chi connectivity index (χ4n) is 2.11. The standard InChI is InChI=1S/C19H21BrN2O3/c1-2-3-11-25-17-10-9-15(13-16(17)20)19(24)22-21-18(23)12-14-7-5-4-6-8-14/h4-10,13H,2-3,11-12H2,1H3,(H,21,23)(H,22,24). The minimum absolute atomic E-state index is 0.203. The highest BCUT2D eigenvalue weighted by Gasteiger charge is 2.10. The lowest BCUT2D eigenvalue weighted by molar-refractivity contribution is -0.121. The van der Waals surface area contributed by atoms with E-state index < -0.39 is 0 Å². The maximum Gasteiger partial charge on any atom is 0.269 e. The van der Waals surface area contributed by atoms with Gasteiger partial charge in [0, 0.05) is 5.56 Å². The van der Waals surface area contributed by atoms with Crippen LogP contribution in [0, 0.1) is 0 Å². The average molecular weight is 405 g/mol. The van der Waals surface area contributed by atoms with Crippen molar-refractivity contribution >= 4 is 27.7 Å².